The molecule has 0 aliphatic carbocycles. The minimum absolute atomic E-state index is 0.683. The van der Waals surface area contributed by atoms with E-state index >= 15 is 0 Å². The third-order valence-corrected chi connectivity index (χ3v) is 4.77. The summed E-state index contributed by atoms with van der Waals surface area (Å²) < 4.78 is 1.73. The van der Waals surface area contributed by atoms with Crippen LogP contribution in [0.2, 0.25) is 0 Å². The molecule has 0 fully saturated rings. The van der Waals surface area contributed by atoms with Crippen molar-refractivity contribution in [1.29, 1.82) is 0 Å². The van der Waals surface area contributed by atoms with Gasteiger partial charge in [0.2, 0.25) is 0 Å². The minimum atomic E-state index is 0.683. The summed E-state index contributed by atoms with van der Waals surface area (Å²) in [5.41, 5.74) is 0. The largest absolute Gasteiger partial charge is 0.0931 e. The zero-order valence-corrected chi connectivity index (χ0v) is 10.9. The zero-order chi connectivity index (χ0) is 9.40. The number of hydrogen-bond donors (Lipinski definition) is 0. The molecule has 0 N–H and O–H groups in total. The molecule has 0 saturated heterocycles. The summed E-state index contributed by atoms with van der Waals surface area (Å²) in [6.45, 7) is 0. The maximum Gasteiger partial charge on any atom is 0.0637 e. The van der Waals surface area contributed by atoms with Gasteiger partial charge in [0.1, 0.15) is 0 Å². The van der Waals surface area contributed by atoms with Crippen LogP contribution in [0.25, 0.3) is 0 Å². The summed E-state index contributed by atoms with van der Waals surface area (Å²) in [5.74, 6) is 0. The van der Waals surface area contributed by atoms with E-state index in [0.717, 1.165) is 8.39 Å². The molecule has 0 aromatic carbocycles. The molecular formula is C6H6S6. The maximum absolute atomic E-state index is 5.00. The predicted molar refractivity (Wildman–Crippen MR) is 76.9 cm³/mol. The Morgan fingerprint density at radius 1 is 0.917 bits per heavy atom. The van der Waals surface area contributed by atoms with Gasteiger partial charge >= 0.3 is 0 Å². The number of thiocarbonyl (C=S) groups is 4. The molecule has 0 rings (SSSR count). The summed E-state index contributed by atoms with van der Waals surface area (Å²) >= 11 is 19.3. The standard InChI is InChI=1S/C6H6S6/c7-3-1-5(9)11-12-6(10)2-4-8/h3-4H,1-2H2. The van der Waals surface area contributed by atoms with Gasteiger partial charge in [0.05, 0.1) is 8.39 Å². The molecule has 0 amide bonds. The van der Waals surface area contributed by atoms with Gasteiger partial charge in [-0.2, -0.15) is 0 Å². The van der Waals surface area contributed by atoms with Crippen molar-refractivity contribution in [3.8, 4) is 0 Å². The SMILES string of the molecule is S=CCC(=S)SSC(=S)CC=S. The summed E-state index contributed by atoms with van der Waals surface area (Å²) in [5, 5.41) is 3.25. The molecular weight excluding hydrogens is 264 g/mol. The second kappa shape index (κ2) is 8.65. The summed E-state index contributed by atoms with van der Waals surface area (Å²) in [6, 6.07) is 0. The molecule has 66 valence electrons. The first-order chi connectivity index (χ1) is 5.70. The van der Waals surface area contributed by atoms with E-state index < -0.39 is 0 Å². The topological polar surface area (TPSA) is 0 Å². The fourth-order valence-corrected chi connectivity index (χ4v) is 3.29. The Morgan fingerprint density at radius 3 is 1.50 bits per heavy atom. The fourth-order valence-electron chi connectivity index (χ4n) is 0.297. The number of hydrogen-bond acceptors (Lipinski definition) is 6. The maximum atomic E-state index is 5.00. The minimum Gasteiger partial charge on any atom is -0.0931 e. The van der Waals surface area contributed by atoms with Crippen LogP contribution in [0, 0.1) is 0 Å². The Labute approximate surface area is 102 Å². The molecule has 0 bridgehead atoms. The lowest BCUT2D eigenvalue weighted by atomic mass is 10.6. The fraction of sp³-hybridized carbons (Fsp3) is 0.333. The number of rotatable bonds is 4. The van der Waals surface area contributed by atoms with Crippen LogP contribution in [0.5, 0.6) is 0 Å². The van der Waals surface area contributed by atoms with Crippen molar-refractivity contribution in [2.24, 2.45) is 0 Å². The van der Waals surface area contributed by atoms with Gasteiger partial charge in [0.15, 0.2) is 0 Å². The van der Waals surface area contributed by atoms with Crippen LogP contribution in [0.4, 0.5) is 0 Å². The highest BCUT2D eigenvalue weighted by atomic mass is 33.1. The highest BCUT2D eigenvalue weighted by molar-refractivity contribution is 8.89. The molecule has 12 heavy (non-hydrogen) atoms. The van der Waals surface area contributed by atoms with Crippen LogP contribution in [0.1, 0.15) is 12.8 Å². The van der Waals surface area contributed by atoms with E-state index in [1.54, 1.807) is 10.7 Å². The molecule has 0 unspecified atom stereocenters. The molecule has 0 aromatic heterocycles. The average Bonchev–Trinajstić information content (AvgIpc) is 2.02. The van der Waals surface area contributed by atoms with Crippen LogP contribution >= 0.6 is 70.5 Å². The van der Waals surface area contributed by atoms with E-state index in [-0.39, 0.29) is 0 Å². The lowest BCUT2D eigenvalue weighted by Gasteiger charge is -1.98. The van der Waals surface area contributed by atoms with Crippen LogP contribution in [0.15, 0.2) is 0 Å². The van der Waals surface area contributed by atoms with Gasteiger partial charge in [-0.25, -0.2) is 0 Å². The van der Waals surface area contributed by atoms with Crippen LogP contribution < -0.4 is 0 Å². The van der Waals surface area contributed by atoms with Gasteiger partial charge in [-0.05, 0) is 32.3 Å². The van der Waals surface area contributed by atoms with Crippen molar-refractivity contribution in [3.63, 3.8) is 0 Å². The van der Waals surface area contributed by atoms with Gasteiger partial charge in [-0.15, -0.1) is 0 Å². The van der Waals surface area contributed by atoms with Gasteiger partial charge in [-0.1, -0.05) is 48.9 Å². The van der Waals surface area contributed by atoms with Gasteiger partial charge in [0, 0.05) is 12.8 Å². The average molecular weight is 271 g/mol. The molecule has 0 spiro atoms. The van der Waals surface area contributed by atoms with Gasteiger partial charge in [0.25, 0.3) is 0 Å². The Bertz CT molecular complexity index is 174. The van der Waals surface area contributed by atoms with E-state index in [4.69, 9.17) is 24.4 Å². The van der Waals surface area contributed by atoms with Crippen molar-refractivity contribution in [3.05, 3.63) is 0 Å². The van der Waals surface area contributed by atoms with Crippen molar-refractivity contribution in [2.75, 3.05) is 0 Å². The summed E-state index contributed by atoms with van der Waals surface area (Å²) in [4.78, 5) is 0. The normalized spacial score (nSPS) is 9.00. The van der Waals surface area contributed by atoms with E-state index in [0.29, 0.717) is 12.8 Å². The molecule has 0 aliphatic rings. The second-order valence-corrected chi connectivity index (χ2v) is 6.14. The Kier molecular flexibility index (Phi) is 9.41. The van der Waals surface area contributed by atoms with Crippen molar-refractivity contribution in [1.82, 2.24) is 0 Å². The summed E-state index contributed by atoms with van der Waals surface area (Å²) in [6.07, 6.45) is 1.37. The molecule has 0 heterocycles. The monoisotopic (exact) mass is 270 g/mol. The van der Waals surface area contributed by atoms with Crippen molar-refractivity contribution < 1.29 is 0 Å². The molecule has 0 radical (unpaired) electrons. The van der Waals surface area contributed by atoms with Crippen LogP contribution in [-0.2, 0) is 0 Å². The molecule has 0 nitrogen and oxygen atoms in total. The smallest absolute Gasteiger partial charge is 0.0637 e. The van der Waals surface area contributed by atoms with Crippen molar-refractivity contribution in [2.45, 2.75) is 12.8 Å². The van der Waals surface area contributed by atoms with E-state index in [9.17, 15) is 0 Å². The quantitative estimate of drug-likeness (QED) is 0.559. The van der Waals surface area contributed by atoms with Crippen molar-refractivity contribution >= 4 is 89.6 Å². The highest BCUT2D eigenvalue weighted by Gasteiger charge is 1.99. The Hall–Kier alpha value is 1.06. The first-order valence-corrected chi connectivity index (χ1v) is 6.89. The Morgan fingerprint density at radius 2 is 1.25 bits per heavy atom. The van der Waals surface area contributed by atoms with E-state index in [2.05, 4.69) is 24.4 Å². The van der Waals surface area contributed by atoms with Crippen LogP contribution in [-0.4, -0.2) is 19.1 Å². The van der Waals surface area contributed by atoms with E-state index in [1.165, 1.54) is 21.6 Å². The third kappa shape index (κ3) is 7.70. The molecule has 0 aromatic rings. The third-order valence-electron chi connectivity index (χ3n) is 0.728. The van der Waals surface area contributed by atoms with E-state index in [1.807, 2.05) is 0 Å². The summed E-state index contributed by atoms with van der Waals surface area (Å²) in [7, 11) is 2.98. The molecule has 0 aliphatic heterocycles. The molecule has 6 heteroatoms. The van der Waals surface area contributed by atoms with Gasteiger partial charge < -0.3 is 0 Å². The first kappa shape index (κ1) is 13.1. The lowest BCUT2D eigenvalue weighted by molar-refractivity contribution is 1.83. The Balaban J connectivity index is 3.53. The lowest BCUT2D eigenvalue weighted by Crippen LogP contribution is -1.88. The van der Waals surface area contributed by atoms with Gasteiger partial charge in [-0.3, -0.25) is 0 Å². The zero-order valence-electron chi connectivity index (χ0n) is 6.02. The van der Waals surface area contributed by atoms with Crippen LogP contribution in [0.3, 0.4) is 0 Å². The molecule has 0 saturated carbocycles. The second-order valence-electron chi connectivity index (χ2n) is 1.65. The molecule has 0 atom stereocenters. The predicted octanol–water partition coefficient (Wildman–Crippen LogP) is 3.80. The first-order valence-electron chi connectivity index (χ1n) is 2.98. The highest BCUT2D eigenvalue weighted by Crippen LogP contribution is 2.27.